The molecular weight excluding hydrogens is 268 g/mol. The van der Waals surface area contributed by atoms with E-state index in [1.54, 1.807) is 0 Å². The van der Waals surface area contributed by atoms with E-state index in [-0.39, 0.29) is 0 Å². The van der Waals surface area contributed by atoms with Crippen molar-refractivity contribution in [3.8, 4) is 0 Å². The van der Waals surface area contributed by atoms with Crippen molar-refractivity contribution in [1.29, 1.82) is 0 Å². The number of hydrogen-bond acceptors (Lipinski definition) is 7. The lowest BCUT2D eigenvalue weighted by Crippen LogP contribution is -2.34. The zero-order valence-electron chi connectivity index (χ0n) is 13.3. The van der Waals surface area contributed by atoms with E-state index in [1.807, 2.05) is 13.0 Å². The highest BCUT2D eigenvalue weighted by Crippen LogP contribution is 2.26. The molecule has 0 saturated carbocycles. The smallest absolute Gasteiger partial charge is 0.158 e. The summed E-state index contributed by atoms with van der Waals surface area (Å²) in [4.78, 5) is 13.5. The fourth-order valence-electron chi connectivity index (χ4n) is 2.79. The Morgan fingerprint density at radius 2 is 2.19 bits per heavy atom. The summed E-state index contributed by atoms with van der Waals surface area (Å²) in [5.74, 6) is 8.29. The number of nitrogens with two attached hydrogens (primary N) is 1. The fourth-order valence-corrected chi connectivity index (χ4v) is 2.79. The molecule has 0 bridgehead atoms. The Hall–Kier alpha value is -1.44. The Bertz CT molecular complexity index is 467. The maximum Gasteiger partial charge on any atom is 0.158 e. The number of aromatic nitrogens is 2. The van der Waals surface area contributed by atoms with Crippen LogP contribution in [0.25, 0.3) is 0 Å². The number of likely N-dealkylation sites (N-methyl/N-ethyl adjacent to an activating group) is 1. The molecule has 7 heteroatoms. The van der Waals surface area contributed by atoms with Crippen LogP contribution < -0.4 is 16.2 Å². The van der Waals surface area contributed by atoms with Crippen molar-refractivity contribution in [3.05, 3.63) is 11.9 Å². The molecule has 0 spiro atoms. The van der Waals surface area contributed by atoms with Gasteiger partial charge in [0.05, 0.1) is 0 Å². The number of ether oxygens (including phenoxy) is 1. The highest BCUT2D eigenvalue weighted by molar-refractivity contribution is 5.50. The lowest BCUT2D eigenvalue weighted by atomic mass is 10.1. The number of rotatable bonds is 6. The maximum atomic E-state index is 5.51. The molecular formula is C14H26N6O. The van der Waals surface area contributed by atoms with E-state index in [4.69, 9.17) is 10.6 Å². The standard InChI is InChI=1S/C14H26N6O/c1-5-21-9-13-16-12(18-15)6-14(17-13)20-7-10(2)11(8-20)19(3)4/h6,10-11H,5,7-9,15H2,1-4H3,(H,16,17,18). The van der Waals surface area contributed by atoms with Crippen LogP contribution >= 0.6 is 0 Å². The van der Waals surface area contributed by atoms with Crippen molar-refractivity contribution in [2.45, 2.75) is 26.5 Å². The first-order valence-electron chi connectivity index (χ1n) is 7.38. The van der Waals surface area contributed by atoms with Crippen LogP contribution in [0.15, 0.2) is 6.07 Å². The first-order chi connectivity index (χ1) is 10.0. The van der Waals surface area contributed by atoms with E-state index < -0.39 is 0 Å². The van der Waals surface area contributed by atoms with E-state index in [1.165, 1.54) is 0 Å². The molecule has 2 heterocycles. The van der Waals surface area contributed by atoms with Gasteiger partial charge in [0.25, 0.3) is 0 Å². The summed E-state index contributed by atoms with van der Waals surface area (Å²) in [6.45, 7) is 7.22. The predicted molar refractivity (Wildman–Crippen MR) is 84.0 cm³/mol. The maximum absolute atomic E-state index is 5.51. The molecule has 1 aliphatic heterocycles. The van der Waals surface area contributed by atoms with Gasteiger partial charge in [0.1, 0.15) is 18.2 Å². The van der Waals surface area contributed by atoms with Crippen molar-refractivity contribution >= 4 is 11.6 Å². The van der Waals surface area contributed by atoms with Crippen LogP contribution in [0, 0.1) is 5.92 Å². The Balaban J connectivity index is 2.19. The zero-order valence-corrected chi connectivity index (χ0v) is 13.3. The average molecular weight is 294 g/mol. The summed E-state index contributed by atoms with van der Waals surface area (Å²) in [7, 11) is 4.25. The summed E-state index contributed by atoms with van der Waals surface area (Å²) < 4.78 is 5.40. The van der Waals surface area contributed by atoms with Gasteiger partial charge in [0.15, 0.2) is 5.82 Å². The topological polar surface area (TPSA) is 79.5 Å². The van der Waals surface area contributed by atoms with Crippen molar-refractivity contribution < 1.29 is 4.74 Å². The normalized spacial score (nSPS) is 22.1. The van der Waals surface area contributed by atoms with Crippen LogP contribution in [0.1, 0.15) is 19.7 Å². The molecule has 2 atom stereocenters. The van der Waals surface area contributed by atoms with E-state index in [9.17, 15) is 0 Å². The van der Waals surface area contributed by atoms with Crippen LogP contribution in [0.4, 0.5) is 11.6 Å². The number of nitrogens with zero attached hydrogens (tertiary/aromatic N) is 4. The minimum Gasteiger partial charge on any atom is -0.374 e. The van der Waals surface area contributed by atoms with Gasteiger partial charge in [-0.3, -0.25) is 0 Å². The van der Waals surface area contributed by atoms with E-state index >= 15 is 0 Å². The molecule has 0 aromatic carbocycles. The van der Waals surface area contributed by atoms with Gasteiger partial charge in [-0.15, -0.1) is 0 Å². The molecule has 1 aliphatic rings. The second-order valence-electron chi connectivity index (χ2n) is 5.72. The molecule has 21 heavy (non-hydrogen) atoms. The minimum absolute atomic E-state index is 0.402. The Labute approximate surface area is 126 Å². The molecule has 0 amide bonds. The van der Waals surface area contributed by atoms with Crippen LogP contribution in [0.2, 0.25) is 0 Å². The number of hydrogen-bond donors (Lipinski definition) is 2. The van der Waals surface area contributed by atoms with Gasteiger partial charge in [-0.25, -0.2) is 15.8 Å². The SMILES string of the molecule is CCOCc1nc(NN)cc(N2CC(C)C(N(C)C)C2)n1. The third-order valence-corrected chi connectivity index (χ3v) is 3.90. The van der Waals surface area contributed by atoms with Crippen molar-refractivity contribution in [3.63, 3.8) is 0 Å². The monoisotopic (exact) mass is 294 g/mol. The van der Waals surface area contributed by atoms with Gasteiger partial charge >= 0.3 is 0 Å². The summed E-state index contributed by atoms with van der Waals surface area (Å²) >= 11 is 0. The molecule has 1 aromatic rings. The highest BCUT2D eigenvalue weighted by atomic mass is 16.5. The lowest BCUT2D eigenvalue weighted by Gasteiger charge is -2.23. The summed E-state index contributed by atoms with van der Waals surface area (Å²) in [5.41, 5.74) is 2.61. The number of nitrogen functional groups attached to an aromatic ring is 1. The molecule has 1 aromatic heterocycles. The number of nitrogens with one attached hydrogen (secondary N) is 1. The van der Waals surface area contributed by atoms with Gasteiger partial charge < -0.3 is 20.0 Å². The predicted octanol–water partition coefficient (Wildman–Crippen LogP) is 0.685. The van der Waals surface area contributed by atoms with Crippen LogP contribution in [-0.2, 0) is 11.3 Å². The highest BCUT2D eigenvalue weighted by Gasteiger charge is 2.32. The van der Waals surface area contributed by atoms with Gasteiger partial charge in [0.2, 0.25) is 0 Å². The second kappa shape index (κ2) is 7.02. The molecule has 2 rings (SSSR count). The summed E-state index contributed by atoms with van der Waals surface area (Å²) in [5, 5.41) is 0. The molecule has 0 aliphatic carbocycles. The minimum atomic E-state index is 0.402. The lowest BCUT2D eigenvalue weighted by molar-refractivity contribution is 0.128. The van der Waals surface area contributed by atoms with Crippen LogP contribution in [0.5, 0.6) is 0 Å². The number of anilines is 2. The van der Waals surface area contributed by atoms with Gasteiger partial charge in [-0.1, -0.05) is 6.92 Å². The van der Waals surface area contributed by atoms with E-state index in [0.29, 0.717) is 36.8 Å². The Morgan fingerprint density at radius 1 is 1.43 bits per heavy atom. The van der Waals surface area contributed by atoms with Gasteiger partial charge in [0, 0.05) is 31.8 Å². The molecule has 3 N–H and O–H groups in total. The number of hydrazine groups is 1. The molecule has 0 radical (unpaired) electrons. The van der Waals surface area contributed by atoms with Crippen molar-refractivity contribution in [2.75, 3.05) is 44.1 Å². The molecule has 1 fully saturated rings. The third-order valence-electron chi connectivity index (χ3n) is 3.90. The molecule has 118 valence electrons. The molecule has 1 saturated heterocycles. The zero-order chi connectivity index (χ0) is 15.4. The third kappa shape index (κ3) is 3.81. The fraction of sp³-hybridized carbons (Fsp3) is 0.714. The van der Waals surface area contributed by atoms with Crippen LogP contribution in [-0.4, -0.2) is 54.7 Å². The first kappa shape index (κ1) is 15.9. The Kier molecular flexibility index (Phi) is 5.33. The molecule has 2 unspecified atom stereocenters. The summed E-state index contributed by atoms with van der Waals surface area (Å²) in [6.07, 6.45) is 0. The van der Waals surface area contributed by atoms with E-state index in [0.717, 1.165) is 18.9 Å². The second-order valence-corrected chi connectivity index (χ2v) is 5.72. The van der Waals surface area contributed by atoms with Crippen molar-refractivity contribution in [2.24, 2.45) is 11.8 Å². The largest absolute Gasteiger partial charge is 0.374 e. The van der Waals surface area contributed by atoms with E-state index in [2.05, 4.69) is 46.2 Å². The average Bonchev–Trinajstić information content (AvgIpc) is 2.87. The quantitative estimate of drug-likeness (QED) is 0.590. The Morgan fingerprint density at radius 3 is 2.76 bits per heavy atom. The summed E-state index contributed by atoms with van der Waals surface area (Å²) in [6, 6.07) is 2.42. The molecule has 7 nitrogen and oxygen atoms in total. The van der Waals surface area contributed by atoms with Crippen molar-refractivity contribution in [1.82, 2.24) is 14.9 Å². The van der Waals surface area contributed by atoms with Gasteiger partial charge in [-0.05, 0) is 26.9 Å². The van der Waals surface area contributed by atoms with Gasteiger partial charge in [-0.2, -0.15) is 0 Å². The first-order valence-corrected chi connectivity index (χ1v) is 7.38. The van der Waals surface area contributed by atoms with Crippen LogP contribution in [0.3, 0.4) is 0 Å².